The smallest absolute Gasteiger partial charge is 0.311 e. The van der Waals surface area contributed by atoms with E-state index in [1.165, 1.54) is 6.92 Å². The number of carbonyl (C=O) groups excluding carboxylic acids is 2. The van der Waals surface area contributed by atoms with Gasteiger partial charge in [0.2, 0.25) is 0 Å². The molecule has 0 unspecified atom stereocenters. The van der Waals surface area contributed by atoms with E-state index in [0.717, 1.165) is 0 Å². The Morgan fingerprint density at radius 3 is 2.54 bits per heavy atom. The lowest BCUT2D eigenvalue weighted by atomic mass is 9.97. The topological polar surface area (TPSA) is 71.1 Å². The van der Waals surface area contributed by atoms with E-state index in [2.05, 4.69) is 11.8 Å². The van der Waals surface area contributed by atoms with Gasteiger partial charge in [-0.15, -0.1) is 0 Å². The van der Waals surface area contributed by atoms with Gasteiger partial charge < -0.3 is 18.9 Å². The largest absolute Gasteiger partial charge is 0.455 e. The number of rotatable bonds is 3. The van der Waals surface area contributed by atoms with Gasteiger partial charge in [0, 0.05) is 13.3 Å². The Morgan fingerprint density at radius 1 is 1.15 bits per heavy atom. The fourth-order valence-corrected chi connectivity index (χ4v) is 2.34. The third-order valence-corrected chi connectivity index (χ3v) is 3.76. The fraction of sp³-hybridized carbons (Fsp3) is 0.600. The van der Waals surface area contributed by atoms with Gasteiger partial charge in [-0.3, -0.25) is 9.59 Å². The first kappa shape index (κ1) is 20.2. The molecule has 0 radical (unpaired) electrons. The standard InChI is InChI=1S/C20H26O6/c1-14(21)25-18-9-6-12-23-17(18)8-5-7-15-10-11-16(13-24-15)26-19(22)20(2,3)4/h6,9-11,15-18H,8,12-13H2,1-4H3/t15-,16-,17-,18+/m1/s1. The van der Waals surface area contributed by atoms with E-state index >= 15 is 0 Å². The van der Waals surface area contributed by atoms with Crippen LogP contribution in [0.3, 0.4) is 0 Å². The highest BCUT2D eigenvalue weighted by atomic mass is 16.6. The summed E-state index contributed by atoms with van der Waals surface area (Å²) in [6, 6.07) is 0. The minimum Gasteiger partial charge on any atom is -0.455 e. The lowest BCUT2D eigenvalue weighted by Gasteiger charge is -2.26. The molecule has 0 fully saturated rings. The molecular formula is C20H26O6. The Bertz CT molecular complexity index is 631. The maximum absolute atomic E-state index is 11.9. The van der Waals surface area contributed by atoms with Gasteiger partial charge in [-0.1, -0.05) is 17.9 Å². The van der Waals surface area contributed by atoms with Gasteiger partial charge in [0.05, 0.1) is 18.6 Å². The van der Waals surface area contributed by atoms with Crippen molar-refractivity contribution in [3.05, 3.63) is 24.3 Å². The van der Waals surface area contributed by atoms with Gasteiger partial charge >= 0.3 is 11.9 Å². The first-order valence-corrected chi connectivity index (χ1v) is 8.70. The molecule has 0 spiro atoms. The Labute approximate surface area is 154 Å². The molecule has 0 N–H and O–H groups in total. The minimum absolute atomic E-state index is 0.265. The van der Waals surface area contributed by atoms with Gasteiger partial charge in [-0.2, -0.15) is 0 Å². The summed E-state index contributed by atoms with van der Waals surface area (Å²) < 4.78 is 21.8. The zero-order valence-corrected chi connectivity index (χ0v) is 15.7. The molecule has 0 saturated heterocycles. The Morgan fingerprint density at radius 2 is 1.92 bits per heavy atom. The average molecular weight is 362 g/mol. The zero-order chi connectivity index (χ0) is 19.2. The molecule has 6 nitrogen and oxygen atoms in total. The zero-order valence-electron chi connectivity index (χ0n) is 15.7. The molecular weight excluding hydrogens is 336 g/mol. The van der Waals surface area contributed by atoms with Crippen LogP contribution in [0.2, 0.25) is 0 Å². The van der Waals surface area contributed by atoms with Crippen LogP contribution in [0.5, 0.6) is 0 Å². The second kappa shape index (κ2) is 9.02. The molecule has 2 rings (SSSR count). The van der Waals surface area contributed by atoms with Crippen molar-refractivity contribution in [1.82, 2.24) is 0 Å². The molecule has 0 amide bonds. The Kier molecular flexibility index (Phi) is 7.01. The average Bonchev–Trinajstić information content (AvgIpc) is 2.56. The van der Waals surface area contributed by atoms with Crippen LogP contribution in [0, 0.1) is 17.3 Å². The normalized spacial score (nSPS) is 28.0. The first-order valence-electron chi connectivity index (χ1n) is 8.70. The van der Waals surface area contributed by atoms with Gasteiger partial charge in [-0.05, 0) is 39.0 Å². The molecule has 2 aliphatic rings. The molecule has 26 heavy (non-hydrogen) atoms. The van der Waals surface area contributed by atoms with E-state index in [9.17, 15) is 9.59 Å². The fourth-order valence-electron chi connectivity index (χ4n) is 2.34. The number of esters is 2. The predicted octanol–water partition coefficient (Wildman–Crippen LogP) is 2.18. The van der Waals surface area contributed by atoms with Crippen LogP contribution in [0.4, 0.5) is 0 Å². The lowest BCUT2D eigenvalue weighted by molar-refractivity contribution is -0.159. The summed E-state index contributed by atoms with van der Waals surface area (Å²) in [6.45, 7) is 7.55. The lowest BCUT2D eigenvalue weighted by Crippen LogP contribution is -2.34. The Balaban J connectivity index is 1.84. The Hall–Kier alpha value is -2.10. The summed E-state index contributed by atoms with van der Waals surface area (Å²) >= 11 is 0. The van der Waals surface area contributed by atoms with Crippen LogP contribution in [0.25, 0.3) is 0 Å². The van der Waals surface area contributed by atoms with E-state index in [1.54, 1.807) is 12.2 Å². The first-order chi connectivity index (χ1) is 12.3. The van der Waals surface area contributed by atoms with Gasteiger partial charge in [0.1, 0.15) is 24.4 Å². The van der Waals surface area contributed by atoms with E-state index in [-0.39, 0.29) is 36.9 Å². The molecule has 0 aromatic carbocycles. The van der Waals surface area contributed by atoms with Crippen molar-refractivity contribution in [2.24, 2.45) is 5.41 Å². The van der Waals surface area contributed by atoms with Crippen LogP contribution >= 0.6 is 0 Å². The van der Waals surface area contributed by atoms with Crippen molar-refractivity contribution in [2.75, 3.05) is 13.2 Å². The van der Waals surface area contributed by atoms with E-state index < -0.39 is 11.5 Å². The maximum atomic E-state index is 11.9. The van der Waals surface area contributed by atoms with Gasteiger partial charge in [0.25, 0.3) is 0 Å². The van der Waals surface area contributed by atoms with Crippen molar-refractivity contribution < 1.29 is 28.5 Å². The van der Waals surface area contributed by atoms with Gasteiger partial charge in [-0.25, -0.2) is 0 Å². The molecule has 0 aromatic heterocycles. The number of carbonyl (C=O) groups is 2. The molecule has 2 heterocycles. The molecule has 6 heteroatoms. The molecule has 2 aliphatic heterocycles. The summed E-state index contributed by atoms with van der Waals surface area (Å²) in [5.74, 6) is 5.41. The van der Waals surface area contributed by atoms with Crippen molar-refractivity contribution in [3.63, 3.8) is 0 Å². The van der Waals surface area contributed by atoms with Crippen molar-refractivity contribution in [3.8, 4) is 11.8 Å². The van der Waals surface area contributed by atoms with Crippen LogP contribution in [-0.4, -0.2) is 49.6 Å². The van der Waals surface area contributed by atoms with Crippen molar-refractivity contribution in [2.45, 2.75) is 58.5 Å². The maximum Gasteiger partial charge on any atom is 0.311 e. The summed E-state index contributed by atoms with van der Waals surface area (Å²) in [5.41, 5.74) is -0.544. The van der Waals surface area contributed by atoms with Gasteiger partial charge in [0.15, 0.2) is 0 Å². The second-order valence-electron chi connectivity index (χ2n) is 7.23. The second-order valence-corrected chi connectivity index (χ2v) is 7.23. The monoisotopic (exact) mass is 362 g/mol. The SMILES string of the molecule is CC(=O)O[C@H]1C=CCO[C@@H]1CC#C[C@@H]1C=C[C@@H](OC(=O)C(C)(C)C)CO1. The third-order valence-electron chi connectivity index (χ3n) is 3.76. The highest BCUT2D eigenvalue weighted by Gasteiger charge is 2.27. The van der Waals surface area contributed by atoms with Crippen LogP contribution in [-0.2, 0) is 28.5 Å². The number of ether oxygens (including phenoxy) is 4. The molecule has 142 valence electrons. The summed E-state index contributed by atoms with van der Waals surface area (Å²) in [6.07, 6.45) is 6.20. The van der Waals surface area contributed by atoms with E-state index in [4.69, 9.17) is 18.9 Å². The molecule has 4 atom stereocenters. The van der Waals surface area contributed by atoms with E-state index in [0.29, 0.717) is 13.0 Å². The number of hydrogen-bond acceptors (Lipinski definition) is 6. The van der Waals surface area contributed by atoms with Crippen LogP contribution in [0.1, 0.15) is 34.1 Å². The number of hydrogen-bond donors (Lipinski definition) is 0. The molecule has 0 bridgehead atoms. The molecule has 0 aliphatic carbocycles. The highest BCUT2D eigenvalue weighted by molar-refractivity contribution is 5.75. The quantitative estimate of drug-likeness (QED) is 0.435. The summed E-state index contributed by atoms with van der Waals surface area (Å²) in [4.78, 5) is 23.0. The van der Waals surface area contributed by atoms with Crippen molar-refractivity contribution >= 4 is 11.9 Å². The molecule has 0 saturated carbocycles. The third kappa shape index (κ3) is 6.32. The molecule has 0 aromatic rings. The minimum atomic E-state index is -0.544. The van der Waals surface area contributed by atoms with E-state index in [1.807, 2.05) is 32.9 Å². The predicted molar refractivity (Wildman–Crippen MR) is 95.0 cm³/mol. The van der Waals surface area contributed by atoms with Crippen LogP contribution < -0.4 is 0 Å². The van der Waals surface area contributed by atoms with Crippen molar-refractivity contribution in [1.29, 1.82) is 0 Å². The highest BCUT2D eigenvalue weighted by Crippen LogP contribution is 2.19. The summed E-state index contributed by atoms with van der Waals surface area (Å²) in [5, 5.41) is 0. The van der Waals surface area contributed by atoms with Crippen LogP contribution in [0.15, 0.2) is 24.3 Å². The summed E-state index contributed by atoms with van der Waals surface area (Å²) in [7, 11) is 0.